The van der Waals surface area contributed by atoms with Crippen LogP contribution < -0.4 is 48.3 Å². The van der Waals surface area contributed by atoms with Gasteiger partial charge in [-0.15, -0.1) is 0 Å². The fraction of sp³-hybridized carbons (Fsp3) is 0.514. The molecule has 4 aromatic heterocycles. The zero-order valence-electron chi connectivity index (χ0n) is 31.1. The van der Waals surface area contributed by atoms with E-state index in [2.05, 4.69) is 59.7 Å². The second-order valence-corrected chi connectivity index (χ2v) is 15.7. The highest BCUT2D eigenvalue weighted by Crippen LogP contribution is 2.27. The third-order valence-corrected chi connectivity index (χ3v) is 11.1. The fourth-order valence-electron chi connectivity index (χ4n) is 6.86. The highest BCUT2D eigenvalue weighted by atomic mass is 32.1. The highest BCUT2D eigenvalue weighted by Gasteiger charge is 2.26. The van der Waals surface area contributed by atoms with Gasteiger partial charge in [-0.05, 0) is 87.6 Å². The van der Waals surface area contributed by atoms with E-state index in [0.29, 0.717) is 29.8 Å². The number of amides is 4. The Morgan fingerprint density at radius 2 is 1.18 bits per heavy atom. The molecule has 10 N–H and O–H groups in total. The molecule has 0 bridgehead atoms. The molecule has 6 heterocycles. The summed E-state index contributed by atoms with van der Waals surface area (Å²) in [6.45, 7) is 6.81. The number of nitrogens with two attached hydrogens (primary N) is 3. The Balaban J connectivity index is 0.000000197. The minimum atomic E-state index is -0.648. The Kier molecular flexibility index (Phi) is 13.2. The fourth-order valence-corrected chi connectivity index (χ4v) is 8.18. The third-order valence-electron chi connectivity index (χ3n) is 9.53. The van der Waals surface area contributed by atoms with Crippen LogP contribution in [0.5, 0.6) is 0 Å². The molecule has 18 nitrogen and oxygen atoms in total. The number of hydrogen-bond acceptors (Lipinski definition) is 16. The number of piperidine rings is 2. The Bertz CT molecular complexity index is 1950. The number of hydrogen-bond donors (Lipinski definition) is 7. The summed E-state index contributed by atoms with van der Waals surface area (Å²) in [6.07, 6.45) is 12.7. The van der Waals surface area contributed by atoms with Gasteiger partial charge in [0.05, 0.1) is 23.8 Å². The number of aryl methyl sites for hydroxylation is 2. The first kappa shape index (κ1) is 39.5. The first-order valence-corrected chi connectivity index (χ1v) is 20.1. The van der Waals surface area contributed by atoms with Crippen LogP contribution in [0.3, 0.4) is 0 Å². The van der Waals surface area contributed by atoms with Gasteiger partial charge in [-0.3, -0.25) is 9.59 Å². The van der Waals surface area contributed by atoms with Crippen LogP contribution in [0.1, 0.15) is 90.2 Å². The van der Waals surface area contributed by atoms with E-state index in [9.17, 15) is 14.4 Å². The molecule has 0 aromatic carbocycles. The minimum absolute atomic E-state index is 0.0190. The lowest BCUT2D eigenvalue weighted by molar-refractivity contribution is 0.0987. The number of nitrogens with one attached hydrogen (secondary N) is 4. The number of rotatable bonds is 10. The van der Waals surface area contributed by atoms with E-state index in [1.54, 1.807) is 12.4 Å². The van der Waals surface area contributed by atoms with Gasteiger partial charge in [-0.2, -0.15) is 8.75 Å². The monoisotopic (exact) mass is 791 g/mol. The van der Waals surface area contributed by atoms with Gasteiger partial charge in [0.2, 0.25) is 0 Å². The van der Waals surface area contributed by atoms with Crippen LogP contribution >= 0.6 is 23.1 Å². The van der Waals surface area contributed by atoms with Crippen LogP contribution in [0.4, 0.5) is 38.1 Å². The number of anilines is 6. The van der Waals surface area contributed by atoms with E-state index in [0.717, 1.165) is 79.5 Å². The molecule has 2 atom stereocenters. The topological polar surface area (TPSA) is 261 Å². The third kappa shape index (κ3) is 10.9. The first-order chi connectivity index (χ1) is 26.5. The molecule has 0 radical (unpaired) electrons. The predicted molar refractivity (Wildman–Crippen MR) is 215 cm³/mol. The molecular weight excluding hydrogens is 743 g/mol. The standard InChI is InChI=1S/C21H30N8O2S.C14H19N7OS/c1-13-10-17(32-28-13)27-20-18(19(22)30)23-11-16(26-20)29-9-5-8-15(12-29)25-21(31)24-14-6-3-2-4-7-14;1-8-5-11(23-20-8)19-14-12(13(16)22)17-6-10(18-14)21-4-2-3-9(15)7-21/h10-11,14-15H,2-9,12H2,1H3,(H2,22,30)(H,26,27)(H2,24,25,31);5-6,9H,2-4,7,15H2,1H3,(H2,16,22)(H,18,19)/t15-;9-/m11/s1. The molecule has 1 aliphatic carbocycles. The van der Waals surface area contributed by atoms with Crippen LogP contribution in [0, 0.1) is 13.8 Å². The Hall–Kier alpha value is -5.21. The van der Waals surface area contributed by atoms with Crippen molar-refractivity contribution in [2.75, 3.05) is 46.6 Å². The molecule has 4 aromatic rings. The zero-order chi connectivity index (χ0) is 38.9. The quantitative estimate of drug-likeness (QED) is 0.121. The molecule has 1 saturated carbocycles. The summed E-state index contributed by atoms with van der Waals surface area (Å²) in [5.74, 6) is 0.710. The van der Waals surface area contributed by atoms with Gasteiger partial charge in [-0.25, -0.2) is 24.7 Å². The van der Waals surface area contributed by atoms with Gasteiger partial charge in [0, 0.05) is 44.3 Å². The van der Waals surface area contributed by atoms with Crippen LogP contribution in [-0.2, 0) is 0 Å². The van der Waals surface area contributed by atoms with E-state index < -0.39 is 11.8 Å². The summed E-state index contributed by atoms with van der Waals surface area (Å²) in [5.41, 5.74) is 18.9. The Morgan fingerprint density at radius 3 is 1.67 bits per heavy atom. The second kappa shape index (κ2) is 18.4. The van der Waals surface area contributed by atoms with Crippen molar-refractivity contribution in [1.29, 1.82) is 0 Å². The van der Waals surface area contributed by atoms with E-state index in [1.165, 1.54) is 42.3 Å². The summed E-state index contributed by atoms with van der Waals surface area (Å²) < 4.78 is 8.43. The summed E-state index contributed by atoms with van der Waals surface area (Å²) >= 11 is 2.57. The van der Waals surface area contributed by atoms with Crippen molar-refractivity contribution in [2.45, 2.75) is 89.8 Å². The molecule has 3 aliphatic rings. The molecule has 2 aliphatic heterocycles. The second-order valence-electron chi connectivity index (χ2n) is 14.1. The highest BCUT2D eigenvalue weighted by molar-refractivity contribution is 7.10. The summed E-state index contributed by atoms with van der Waals surface area (Å²) in [7, 11) is 0. The number of urea groups is 1. The van der Waals surface area contributed by atoms with E-state index in [4.69, 9.17) is 17.2 Å². The maximum absolute atomic E-state index is 12.5. The van der Waals surface area contributed by atoms with Crippen molar-refractivity contribution in [3.8, 4) is 0 Å². The number of carbonyl (C=O) groups is 3. The molecule has 7 rings (SSSR count). The summed E-state index contributed by atoms with van der Waals surface area (Å²) in [5, 5.41) is 14.0. The minimum Gasteiger partial charge on any atom is -0.364 e. The number of primary amides is 2. The summed E-state index contributed by atoms with van der Waals surface area (Å²) in [6, 6.07) is 4.07. The van der Waals surface area contributed by atoms with Gasteiger partial charge in [0.25, 0.3) is 11.8 Å². The van der Waals surface area contributed by atoms with E-state index in [-0.39, 0.29) is 35.5 Å². The molecule has 55 heavy (non-hydrogen) atoms. The van der Waals surface area contributed by atoms with Crippen molar-refractivity contribution in [3.63, 3.8) is 0 Å². The van der Waals surface area contributed by atoms with Crippen molar-refractivity contribution >= 4 is 74.2 Å². The molecule has 0 unspecified atom stereocenters. The number of aromatic nitrogens is 6. The van der Waals surface area contributed by atoms with E-state index >= 15 is 0 Å². The average molecular weight is 792 g/mol. The van der Waals surface area contributed by atoms with Gasteiger partial charge >= 0.3 is 6.03 Å². The predicted octanol–water partition coefficient (Wildman–Crippen LogP) is 3.70. The summed E-state index contributed by atoms with van der Waals surface area (Å²) in [4.78, 5) is 57.7. The van der Waals surface area contributed by atoms with Gasteiger partial charge < -0.3 is 48.3 Å². The van der Waals surface area contributed by atoms with Crippen LogP contribution in [0.15, 0.2) is 24.5 Å². The zero-order valence-corrected chi connectivity index (χ0v) is 32.7. The van der Waals surface area contributed by atoms with Crippen molar-refractivity contribution in [2.24, 2.45) is 17.2 Å². The lowest BCUT2D eigenvalue weighted by Gasteiger charge is -2.34. The van der Waals surface area contributed by atoms with Crippen molar-refractivity contribution in [3.05, 3.63) is 47.3 Å². The van der Waals surface area contributed by atoms with Crippen molar-refractivity contribution in [1.82, 2.24) is 39.3 Å². The first-order valence-electron chi connectivity index (χ1n) is 18.6. The molecule has 294 valence electrons. The average Bonchev–Trinajstić information content (AvgIpc) is 3.78. The molecule has 2 saturated heterocycles. The largest absolute Gasteiger partial charge is 0.364 e. The van der Waals surface area contributed by atoms with Crippen LogP contribution in [-0.4, -0.2) is 90.8 Å². The normalized spacial score (nSPS) is 18.8. The lowest BCUT2D eigenvalue weighted by Crippen LogP contribution is -2.52. The van der Waals surface area contributed by atoms with Crippen LogP contribution in [0.25, 0.3) is 0 Å². The van der Waals surface area contributed by atoms with Crippen molar-refractivity contribution < 1.29 is 14.4 Å². The maximum atomic E-state index is 12.5. The molecule has 4 amide bonds. The Labute approximate surface area is 327 Å². The molecule has 20 heteroatoms. The molecular formula is C35H49N15O3S2. The van der Waals surface area contributed by atoms with Gasteiger partial charge in [0.1, 0.15) is 21.6 Å². The SMILES string of the molecule is Cc1cc(Nc2nc(N3CCC[C@@H](N)C3)cnc2C(N)=O)sn1.Cc1cc(Nc2nc(N3CCC[C@@H](NC(=O)NC4CCCCC4)C3)cnc2C(N)=O)sn1. The number of nitrogens with zero attached hydrogens (tertiary/aromatic N) is 8. The Morgan fingerprint density at radius 1 is 0.691 bits per heavy atom. The smallest absolute Gasteiger partial charge is 0.315 e. The number of carbonyl (C=O) groups excluding carboxylic acids is 3. The van der Waals surface area contributed by atoms with Gasteiger partial charge in [0.15, 0.2) is 23.0 Å². The molecule has 0 spiro atoms. The van der Waals surface area contributed by atoms with Crippen LogP contribution in [0.2, 0.25) is 0 Å². The maximum Gasteiger partial charge on any atom is 0.315 e. The molecule has 3 fully saturated rings. The van der Waals surface area contributed by atoms with Gasteiger partial charge in [-0.1, -0.05) is 19.3 Å². The van der Waals surface area contributed by atoms with E-state index in [1.807, 2.05) is 26.0 Å². The lowest BCUT2D eigenvalue weighted by atomic mass is 9.96.